The summed E-state index contributed by atoms with van der Waals surface area (Å²) in [7, 11) is 3.93. The molecule has 2 amide bonds. The highest BCUT2D eigenvalue weighted by atomic mass is 16.5. The lowest BCUT2D eigenvalue weighted by molar-refractivity contribution is 0.0946. The van der Waals surface area contributed by atoms with Crippen LogP contribution in [0.25, 0.3) is 0 Å². The van der Waals surface area contributed by atoms with Crippen molar-refractivity contribution >= 4 is 23.1 Å². The predicted molar refractivity (Wildman–Crippen MR) is 138 cm³/mol. The number of hydrogen-bond acceptors (Lipinski definition) is 6. The van der Waals surface area contributed by atoms with E-state index >= 15 is 0 Å². The number of nitrogens with zero attached hydrogens (tertiary/aromatic N) is 3. The Morgan fingerprint density at radius 2 is 1.85 bits per heavy atom. The van der Waals surface area contributed by atoms with Gasteiger partial charge in [0.25, 0.3) is 0 Å². The first kappa shape index (κ1) is 24.3. The molecule has 1 aliphatic carbocycles. The van der Waals surface area contributed by atoms with Gasteiger partial charge in [0.05, 0.1) is 18.5 Å². The van der Waals surface area contributed by atoms with Gasteiger partial charge in [-0.15, -0.1) is 0 Å². The summed E-state index contributed by atoms with van der Waals surface area (Å²) in [4.78, 5) is 21.5. The van der Waals surface area contributed by atoms with E-state index in [4.69, 9.17) is 9.47 Å². The second kappa shape index (κ2) is 11.5. The molecule has 4 rings (SSSR count). The Bertz CT molecular complexity index is 922. The molecule has 0 radical (unpaired) electrons. The molecule has 2 aromatic rings. The van der Waals surface area contributed by atoms with Crippen molar-refractivity contribution in [2.24, 2.45) is 0 Å². The first-order valence-corrected chi connectivity index (χ1v) is 12.3. The molecule has 2 N–H and O–H groups in total. The van der Waals surface area contributed by atoms with Crippen molar-refractivity contribution in [3.63, 3.8) is 0 Å². The van der Waals surface area contributed by atoms with Crippen molar-refractivity contribution in [1.29, 1.82) is 0 Å². The molecule has 2 fully saturated rings. The Labute approximate surface area is 204 Å². The number of carbonyl (C=O) groups excluding carboxylic acids is 1. The standard InChI is InChI=1S/C26H37N5O3.H2/c1-19(18-33-3)30(2)23-14-15-31(17-23)22-11-8-20(9-12-22)28-26(32)29-21-10-13-25(27-16-21)34-24-6-4-5-7-24;/h8-13,16,19,23-24H,4-7,14-15,17-18H2,1-3H3,(H2,28,29,32);1H. The molecular weight excluding hydrogens is 430 g/mol. The van der Waals surface area contributed by atoms with E-state index in [9.17, 15) is 4.79 Å². The van der Waals surface area contributed by atoms with Crippen LogP contribution in [0, 0.1) is 0 Å². The summed E-state index contributed by atoms with van der Waals surface area (Å²) in [5.41, 5.74) is 2.54. The number of amides is 2. The van der Waals surface area contributed by atoms with Crippen LogP contribution < -0.4 is 20.3 Å². The number of likely N-dealkylation sites (N-methyl/N-ethyl adjacent to an activating group) is 1. The average Bonchev–Trinajstić information content (AvgIpc) is 3.53. The minimum atomic E-state index is -0.297. The third-order valence-electron chi connectivity index (χ3n) is 6.92. The topological polar surface area (TPSA) is 79.0 Å². The summed E-state index contributed by atoms with van der Waals surface area (Å²) in [6.07, 6.45) is 7.64. The number of carbonyl (C=O) groups is 1. The smallest absolute Gasteiger partial charge is 0.323 e. The number of aromatic nitrogens is 1. The molecule has 1 saturated heterocycles. The molecular formula is C26H39N5O3. The van der Waals surface area contributed by atoms with E-state index in [1.807, 2.05) is 18.2 Å². The summed E-state index contributed by atoms with van der Waals surface area (Å²) in [5, 5.41) is 5.71. The molecule has 34 heavy (non-hydrogen) atoms. The van der Waals surface area contributed by atoms with Gasteiger partial charge < -0.3 is 25.0 Å². The van der Waals surface area contributed by atoms with Crippen LogP contribution in [-0.2, 0) is 4.74 Å². The van der Waals surface area contributed by atoms with Crippen LogP contribution in [0.5, 0.6) is 5.88 Å². The van der Waals surface area contributed by atoms with E-state index in [1.54, 1.807) is 19.4 Å². The van der Waals surface area contributed by atoms with E-state index < -0.39 is 0 Å². The van der Waals surface area contributed by atoms with E-state index in [1.165, 1.54) is 18.5 Å². The molecule has 0 bridgehead atoms. The number of methoxy groups -OCH3 is 1. The van der Waals surface area contributed by atoms with E-state index in [2.05, 4.69) is 51.5 Å². The second-order valence-corrected chi connectivity index (χ2v) is 9.39. The number of pyridine rings is 1. The lowest BCUT2D eigenvalue weighted by atomic mass is 10.2. The highest BCUT2D eigenvalue weighted by molar-refractivity contribution is 5.99. The summed E-state index contributed by atoms with van der Waals surface area (Å²) in [6.45, 7) is 4.96. The molecule has 0 spiro atoms. The van der Waals surface area contributed by atoms with Crippen LogP contribution >= 0.6 is 0 Å². The minimum absolute atomic E-state index is 0. The van der Waals surface area contributed by atoms with E-state index in [0.29, 0.717) is 23.7 Å². The maximum Gasteiger partial charge on any atom is 0.323 e. The Morgan fingerprint density at radius 1 is 1.15 bits per heavy atom. The molecule has 1 aromatic carbocycles. The Kier molecular flexibility index (Phi) is 8.24. The summed E-state index contributed by atoms with van der Waals surface area (Å²) >= 11 is 0. The van der Waals surface area contributed by atoms with Gasteiger partial charge in [0.2, 0.25) is 5.88 Å². The fraction of sp³-hybridized carbons (Fsp3) is 0.538. The number of rotatable bonds is 9. The number of nitrogens with one attached hydrogen (secondary N) is 2. The van der Waals surface area contributed by atoms with Gasteiger partial charge in [-0.3, -0.25) is 4.90 Å². The zero-order valence-electron chi connectivity index (χ0n) is 20.5. The lowest BCUT2D eigenvalue weighted by Crippen LogP contribution is -2.42. The summed E-state index contributed by atoms with van der Waals surface area (Å²) in [5.74, 6) is 0.608. The third kappa shape index (κ3) is 6.39. The number of benzene rings is 1. The highest BCUT2D eigenvalue weighted by Crippen LogP contribution is 2.26. The van der Waals surface area contributed by atoms with Gasteiger partial charge in [-0.1, -0.05) is 0 Å². The van der Waals surface area contributed by atoms with Crippen molar-refractivity contribution in [3.05, 3.63) is 42.6 Å². The zero-order valence-corrected chi connectivity index (χ0v) is 20.5. The average molecular weight is 470 g/mol. The van der Waals surface area contributed by atoms with E-state index in [-0.39, 0.29) is 13.6 Å². The molecule has 2 aliphatic rings. The lowest BCUT2D eigenvalue weighted by Gasteiger charge is -2.30. The van der Waals surface area contributed by atoms with Gasteiger partial charge >= 0.3 is 6.03 Å². The third-order valence-corrected chi connectivity index (χ3v) is 6.92. The minimum Gasteiger partial charge on any atom is -0.474 e. The van der Waals surface area contributed by atoms with Crippen LogP contribution in [0.3, 0.4) is 0 Å². The Balaban J connectivity index is 0.00000342. The SMILES string of the molecule is COCC(C)N(C)C1CCN(c2ccc(NC(=O)Nc3ccc(OC4CCCC4)nc3)cc2)C1.[HH]. The van der Waals surface area contributed by atoms with Gasteiger partial charge in [-0.2, -0.15) is 0 Å². The largest absolute Gasteiger partial charge is 0.474 e. The van der Waals surface area contributed by atoms with Crippen LogP contribution in [0.1, 0.15) is 40.5 Å². The fourth-order valence-electron chi connectivity index (χ4n) is 4.78. The highest BCUT2D eigenvalue weighted by Gasteiger charge is 2.28. The molecule has 1 saturated carbocycles. The van der Waals surface area contributed by atoms with Gasteiger partial charge in [0.1, 0.15) is 6.10 Å². The maximum absolute atomic E-state index is 12.4. The normalized spacial score (nSPS) is 19.4. The predicted octanol–water partition coefficient (Wildman–Crippen LogP) is 4.84. The van der Waals surface area contributed by atoms with Crippen molar-refractivity contribution in [1.82, 2.24) is 9.88 Å². The van der Waals surface area contributed by atoms with Gasteiger partial charge in [-0.05, 0) is 76.4 Å². The number of anilines is 3. The molecule has 2 atom stereocenters. The zero-order chi connectivity index (χ0) is 23.9. The number of urea groups is 1. The van der Waals surface area contributed by atoms with Crippen molar-refractivity contribution < 1.29 is 15.7 Å². The maximum atomic E-state index is 12.4. The molecule has 186 valence electrons. The summed E-state index contributed by atoms with van der Waals surface area (Å²) in [6, 6.07) is 12.2. The van der Waals surface area contributed by atoms with Crippen molar-refractivity contribution in [2.75, 3.05) is 49.4 Å². The summed E-state index contributed by atoms with van der Waals surface area (Å²) < 4.78 is 11.2. The number of hydrogen-bond donors (Lipinski definition) is 2. The molecule has 2 heterocycles. The van der Waals surface area contributed by atoms with Crippen molar-refractivity contribution in [2.45, 2.75) is 57.2 Å². The molecule has 8 nitrogen and oxygen atoms in total. The molecule has 8 heteroatoms. The Morgan fingerprint density at radius 3 is 2.53 bits per heavy atom. The monoisotopic (exact) mass is 469 g/mol. The fourth-order valence-corrected chi connectivity index (χ4v) is 4.78. The Hall–Kier alpha value is -2.84. The van der Waals surface area contributed by atoms with Crippen LogP contribution in [0.15, 0.2) is 42.6 Å². The molecule has 2 unspecified atom stereocenters. The first-order chi connectivity index (χ1) is 16.5. The van der Waals surface area contributed by atoms with Crippen LogP contribution in [0.2, 0.25) is 0 Å². The molecule has 1 aliphatic heterocycles. The quantitative estimate of drug-likeness (QED) is 0.547. The molecule has 1 aromatic heterocycles. The first-order valence-electron chi connectivity index (χ1n) is 12.3. The van der Waals surface area contributed by atoms with E-state index in [0.717, 1.165) is 44.6 Å². The van der Waals surface area contributed by atoms with Crippen LogP contribution in [0.4, 0.5) is 21.9 Å². The van der Waals surface area contributed by atoms with Gasteiger partial charge in [0.15, 0.2) is 0 Å². The second-order valence-electron chi connectivity index (χ2n) is 9.39. The van der Waals surface area contributed by atoms with Gasteiger partial charge in [-0.25, -0.2) is 9.78 Å². The van der Waals surface area contributed by atoms with Crippen LogP contribution in [-0.4, -0.2) is 68.0 Å². The van der Waals surface area contributed by atoms with Gasteiger partial charge in [0, 0.05) is 51.2 Å². The number of ether oxygens (including phenoxy) is 2. The van der Waals surface area contributed by atoms with Crippen molar-refractivity contribution in [3.8, 4) is 5.88 Å².